The maximum Gasteiger partial charge on any atom is 0.0731 e. The molecule has 3 atom stereocenters. The zero-order valence-electron chi connectivity index (χ0n) is 9.92. The van der Waals surface area contributed by atoms with E-state index in [0.717, 1.165) is 6.42 Å². The van der Waals surface area contributed by atoms with Gasteiger partial charge in [0.1, 0.15) is 0 Å². The van der Waals surface area contributed by atoms with E-state index in [2.05, 4.69) is 26.1 Å². The second-order valence-electron chi connectivity index (χ2n) is 5.17. The minimum Gasteiger partial charge on any atom is -0.392 e. The number of methoxy groups -OCH3 is 1. The average molecular weight is 201 g/mol. The van der Waals surface area contributed by atoms with Crippen LogP contribution in [0.1, 0.15) is 34.1 Å². The second-order valence-corrected chi connectivity index (χ2v) is 5.17. The van der Waals surface area contributed by atoms with E-state index in [-0.39, 0.29) is 17.1 Å². The monoisotopic (exact) mass is 201 g/mol. The van der Waals surface area contributed by atoms with Crippen LogP contribution in [0.4, 0.5) is 0 Å². The molecule has 1 rings (SSSR count). The lowest BCUT2D eigenvalue weighted by Crippen LogP contribution is -2.68. The first-order valence-corrected chi connectivity index (χ1v) is 5.30. The summed E-state index contributed by atoms with van der Waals surface area (Å²) in [5.74, 6) is 0. The molecule has 0 aromatic rings. The van der Waals surface area contributed by atoms with Gasteiger partial charge in [0, 0.05) is 25.1 Å². The summed E-state index contributed by atoms with van der Waals surface area (Å²) < 4.78 is 5.52. The minimum absolute atomic E-state index is 0.0244. The highest BCUT2D eigenvalue weighted by Gasteiger charge is 2.57. The van der Waals surface area contributed by atoms with Crippen molar-refractivity contribution in [2.24, 2.45) is 5.41 Å². The molecule has 3 heteroatoms. The van der Waals surface area contributed by atoms with E-state index in [0.29, 0.717) is 12.6 Å². The molecule has 0 aliphatic heterocycles. The number of rotatable bonds is 4. The Hall–Kier alpha value is -0.120. The molecule has 3 nitrogen and oxygen atoms in total. The molecular formula is C11H23NO2. The fourth-order valence-corrected chi connectivity index (χ4v) is 2.13. The van der Waals surface area contributed by atoms with Gasteiger partial charge >= 0.3 is 0 Å². The Kier molecular flexibility index (Phi) is 3.24. The highest BCUT2D eigenvalue weighted by Crippen LogP contribution is 2.51. The Balaban J connectivity index is 2.47. The van der Waals surface area contributed by atoms with Crippen molar-refractivity contribution in [1.29, 1.82) is 0 Å². The van der Waals surface area contributed by atoms with Crippen molar-refractivity contribution in [1.82, 2.24) is 5.32 Å². The van der Waals surface area contributed by atoms with E-state index in [1.807, 2.05) is 0 Å². The van der Waals surface area contributed by atoms with Crippen molar-refractivity contribution in [2.75, 3.05) is 13.7 Å². The maximum atomic E-state index is 9.18. The van der Waals surface area contributed by atoms with Gasteiger partial charge in [-0.3, -0.25) is 0 Å². The molecule has 0 aromatic heterocycles. The van der Waals surface area contributed by atoms with Crippen LogP contribution in [0.2, 0.25) is 0 Å². The summed E-state index contributed by atoms with van der Waals surface area (Å²) in [7, 11) is 1.77. The Morgan fingerprint density at radius 2 is 2.07 bits per heavy atom. The van der Waals surface area contributed by atoms with Crippen molar-refractivity contribution < 1.29 is 9.84 Å². The molecule has 0 bridgehead atoms. The molecule has 0 heterocycles. The molecule has 84 valence electrons. The third kappa shape index (κ3) is 1.81. The molecule has 1 saturated carbocycles. The number of aliphatic hydroxyl groups excluding tert-OH is 1. The van der Waals surface area contributed by atoms with Gasteiger partial charge < -0.3 is 15.2 Å². The Labute approximate surface area is 86.8 Å². The number of hydrogen-bond acceptors (Lipinski definition) is 3. The molecular weight excluding hydrogens is 178 g/mol. The number of nitrogens with one attached hydrogen (secondary N) is 1. The van der Waals surface area contributed by atoms with Crippen molar-refractivity contribution in [3.05, 3.63) is 0 Å². The highest BCUT2D eigenvalue weighted by molar-refractivity contribution is 5.11. The van der Waals surface area contributed by atoms with Crippen LogP contribution in [0.15, 0.2) is 0 Å². The van der Waals surface area contributed by atoms with E-state index in [1.54, 1.807) is 14.0 Å². The third-order valence-electron chi connectivity index (χ3n) is 3.94. The summed E-state index contributed by atoms with van der Waals surface area (Å²) in [4.78, 5) is 0. The Bertz CT molecular complexity index is 203. The van der Waals surface area contributed by atoms with E-state index in [1.165, 1.54) is 0 Å². The smallest absolute Gasteiger partial charge is 0.0731 e. The van der Waals surface area contributed by atoms with Crippen LogP contribution < -0.4 is 5.32 Å². The molecule has 0 saturated heterocycles. The van der Waals surface area contributed by atoms with Gasteiger partial charge in [0.2, 0.25) is 0 Å². The molecule has 1 fully saturated rings. The van der Waals surface area contributed by atoms with Crippen LogP contribution in [-0.4, -0.2) is 36.5 Å². The molecule has 3 unspecified atom stereocenters. The largest absolute Gasteiger partial charge is 0.392 e. The summed E-state index contributed by atoms with van der Waals surface area (Å²) in [6.07, 6.45) is 0.739. The van der Waals surface area contributed by atoms with Crippen LogP contribution in [-0.2, 0) is 4.74 Å². The van der Waals surface area contributed by atoms with Crippen molar-refractivity contribution in [3.63, 3.8) is 0 Å². The summed E-state index contributed by atoms with van der Waals surface area (Å²) >= 11 is 0. The molecule has 1 aliphatic carbocycles. The summed E-state index contributed by atoms with van der Waals surface area (Å²) in [5.41, 5.74) is 0.111. The number of hydrogen-bond donors (Lipinski definition) is 2. The SMILES string of the molecule is COC1(C)CC(NCC(C)O)C1(C)C. The summed E-state index contributed by atoms with van der Waals surface area (Å²) in [5, 5.41) is 12.6. The standard InChI is InChI=1S/C11H23NO2/c1-8(13)7-12-9-6-11(4,14-5)10(9,2)3/h8-9,12-13H,6-7H2,1-5H3. The van der Waals surface area contributed by atoms with Crippen LogP contribution in [0.25, 0.3) is 0 Å². The molecule has 0 spiro atoms. The predicted molar refractivity (Wildman–Crippen MR) is 57.3 cm³/mol. The van der Waals surface area contributed by atoms with Gasteiger partial charge in [0.25, 0.3) is 0 Å². The van der Waals surface area contributed by atoms with Crippen LogP contribution >= 0.6 is 0 Å². The average Bonchev–Trinajstić information content (AvgIpc) is 2.11. The van der Waals surface area contributed by atoms with Crippen LogP contribution in [0.5, 0.6) is 0 Å². The number of aliphatic hydroxyl groups is 1. The van der Waals surface area contributed by atoms with Crippen molar-refractivity contribution in [2.45, 2.75) is 51.9 Å². The quantitative estimate of drug-likeness (QED) is 0.717. The van der Waals surface area contributed by atoms with Gasteiger partial charge in [-0.2, -0.15) is 0 Å². The molecule has 0 radical (unpaired) electrons. The lowest BCUT2D eigenvalue weighted by atomic mass is 9.56. The van der Waals surface area contributed by atoms with E-state index in [9.17, 15) is 5.11 Å². The minimum atomic E-state index is -0.278. The van der Waals surface area contributed by atoms with Gasteiger partial charge in [0.15, 0.2) is 0 Å². The Morgan fingerprint density at radius 1 is 1.50 bits per heavy atom. The molecule has 14 heavy (non-hydrogen) atoms. The number of ether oxygens (including phenoxy) is 1. The van der Waals surface area contributed by atoms with Gasteiger partial charge in [-0.25, -0.2) is 0 Å². The van der Waals surface area contributed by atoms with Gasteiger partial charge in [-0.15, -0.1) is 0 Å². The van der Waals surface area contributed by atoms with E-state index >= 15 is 0 Å². The Morgan fingerprint density at radius 3 is 2.43 bits per heavy atom. The fourth-order valence-electron chi connectivity index (χ4n) is 2.13. The van der Waals surface area contributed by atoms with E-state index in [4.69, 9.17) is 4.74 Å². The van der Waals surface area contributed by atoms with Gasteiger partial charge in [0.05, 0.1) is 11.7 Å². The fraction of sp³-hybridized carbons (Fsp3) is 1.00. The van der Waals surface area contributed by atoms with Crippen LogP contribution in [0, 0.1) is 5.41 Å². The van der Waals surface area contributed by atoms with Crippen molar-refractivity contribution >= 4 is 0 Å². The molecule has 0 aromatic carbocycles. The summed E-state index contributed by atoms with van der Waals surface area (Å²) in [6, 6.07) is 0.446. The lowest BCUT2D eigenvalue weighted by molar-refractivity contribution is -0.181. The van der Waals surface area contributed by atoms with E-state index < -0.39 is 0 Å². The normalized spacial score (nSPS) is 37.7. The van der Waals surface area contributed by atoms with Crippen LogP contribution in [0.3, 0.4) is 0 Å². The molecule has 2 N–H and O–H groups in total. The first-order valence-electron chi connectivity index (χ1n) is 5.30. The van der Waals surface area contributed by atoms with Gasteiger partial charge in [-0.05, 0) is 20.3 Å². The molecule has 1 aliphatic rings. The molecule has 0 amide bonds. The first-order chi connectivity index (χ1) is 6.33. The van der Waals surface area contributed by atoms with Gasteiger partial charge in [-0.1, -0.05) is 13.8 Å². The topological polar surface area (TPSA) is 41.5 Å². The zero-order valence-corrected chi connectivity index (χ0v) is 9.92. The lowest BCUT2D eigenvalue weighted by Gasteiger charge is -2.59. The van der Waals surface area contributed by atoms with Crippen molar-refractivity contribution in [3.8, 4) is 0 Å². The summed E-state index contributed by atoms with van der Waals surface area (Å²) in [6.45, 7) is 9.02. The second kappa shape index (κ2) is 3.80. The predicted octanol–water partition coefficient (Wildman–Crippen LogP) is 1.16. The zero-order chi connectivity index (χ0) is 11.0. The highest BCUT2D eigenvalue weighted by atomic mass is 16.5. The maximum absolute atomic E-state index is 9.18. The third-order valence-corrected chi connectivity index (χ3v) is 3.94. The first kappa shape index (κ1) is 12.0.